The molecule has 0 amide bonds. The third-order valence-corrected chi connectivity index (χ3v) is 10.7. The normalized spacial score (nSPS) is 32.8. The molecule has 0 heterocycles. The van der Waals surface area contributed by atoms with Gasteiger partial charge in [-0.15, -0.1) is 0 Å². The predicted octanol–water partition coefficient (Wildman–Crippen LogP) is 7.58. The first-order valence-electron chi connectivity index (χ1n) is 15.3. The predicted molar refractivity (Wildman–Crippen MR) is 160 cm³/mol. The summed E-state index contributed by atoms with van der Waals surface area (Å²) in [4.78, 5) is 10.3. The van der Waals surface area contributed by atoms with E-state index in [0.717, 1.165) is 42.7 Å². The van der Waals surface area contributed by atoms with Gasteiger partial charge in [-0.1, -0.05) is 56.6 Å². The summed E-state index contributed by atoms with van der Waals surface area (Å²) in [6.07, 6.45) is 15.7. The second-order valence-electron chi connectivity index (χ2n) is 14.6. The average molecular weight is 567 g/mol. The van der Waals surface area contributed by atoms with E-state index in [0.29, 0.717) is 41.1 Å². The highest BCUT2D eigenvalue weighted by atomic mass is 31.2. The summed E-state index contributed by atoms with van der Waals surface area (Å²) in [6.45, 7) is 13.9. The van der Waals surface area contributed by atoms with Crippen molar-refractivity contribution in [2.45, 2.75) is 110 Å². The van der Waals surface area contributed by atoms with Gasteiger partial charge in [0.2, 0.25) is 0 Å². The Bertz CT molecular complexity index is 959. The van der Waals surface area contributed by atoms with Crippen molar-refractivity contribution in [3.05, 3.63) is 35.5 Å². The topological polar surface area (TPSA) is 76.0 Å². The number of rotatable bonds is 12. The standard InChI is InChI=1S/C32H56NO5P/c1-24-13-16-28(38-39(35,36)37-22-21-33(6,7)8)23-27(24)15-14-26-12-10-20-32(5)29(17-18-30(26)32)25(2)11-9-19-31(3,4)34/h14-15,25,28-30,34H,1,9-13,16-23H2,2-8H3/p+1/t25-,28+,29-,30+,32-/m1/s1. The minimum Gasteiger partial charge on any atom is -0.390 e. The minimum atomic E-state index is -4.09. The molecule has 0 spiro atoms. The van der Waals surface area contributed by atoms with Gasteiger partial charge in [-0.3, -0.25) is 9.05 Å². The van der Waals surface area contributed by atoms with Gasteiger partial charge in [0.15, 0.2) is 0 Å². The summed E-state index contributed by atoms with van der Waals surface area (Å²) in [5.74, 6) is 2.04. The van der Waals surface area contributed by atoms with Crippen LogP contribution >= 0.6 is 7.82 Å². The van der Waals surface area contributed by atoms with Gasteiger partial charge in [-0.05, 0) is 100 Å². The van der Waals surface area contributed by atoms with Crippen LogP contribution in [0.5, 0.6) is 0 Å². The van der Waals surface area contributed by atoms with Crippen molar-refractivity contribution in [3.63, 3.8) is 0 Å². The van der Waals surface area contributed by atoms with E-state index in [1.54, 1.807) is 5.57 Å². The van der Waals surface area contributed by atoms with Crippen LogP contribution in [0.15, 0.2) is 35.5 Å². The molecule has 39 heavy (non-hydrogen) atoms. The van der Waals surface area contributed by atoms with Crippen molar-refractivity contribution in [3.8, 4) is 0 Å². The Balaban J connectivity index is 1.63. The molecule has 0 saturated heterocycles. The van der Waals surface area contributed by atoms with E-state index in [-0.39, 0.29) is 12.7 Å². The first kappa shape index (κ1) is 32.8. The van der Waals surface area contributed by atoms with E-state index in [9.17, 15) is 14.6 Å². The maximum Gasteiger partial charge on any atom is 0.472 e. The lowest BCUT2D eigenvalue weighted by Crippen LogP contribution is -2.37. The van der Waals surface area contributed by atoms with E-state index < -0.39 is 13.4 Å². The maximum absolute atomic E-state index is 12.6. The Labute approximate surface area is 238 Å². The molecule has 0 aromatic heterocycles. The fourth-order valence-electron chi connectivity index (χ4n) is 7.39. The third-order valence-electron chi connectivity index (χ3n) is 9.64. The number of allylic oxidation sites excluding steroid dienone is 4. The van der Waals surface area contributed by atoms with Crippen LogP contribution in [0.4, 0.5) is 0 Å². The molecule has 1 unspecified atom stereocenters. The number of hydrogen-bond acceptors (Lipinski definition) is 4. The van der Waals surface area contributed by atoms with Crippen molar-refractivity contribution in [1.29, 1.82) is 0 Å². The maximum atomic E-state index is 12.6. The van der Waals surface area contributed by atoms with Crippen LogP contribution in [-0.2, 0) is 13.6 Å². The van der Waals surface area contributed by atoms with Crippen molar-refractivity contribution in [1.82, 2.24) is 0 Å². The Morgan fingerprint density at radius 1 is 1.21 bits per heavy atom. The highest BCUT2D eigenvalue weighted by Crippen LogP contribution is 2.60. The number of fused-ring (bicyclic) bond motifs is 1. The van der Waals surface area contributed by atoms with Crippen molar-refractivity contribution in [2.75, 3.05) is 34.3 Å². The molecule has 0 aromatic carbocycles. The van der Waals surface area contributed by atoms with Gasteiger partial charge >= 0.3 is 7.82 Å². The smallest absolute Gasteiger partial charge is 0.390 e. The Morgan fingerprint density at radius 2 is 1.92 bits per heavy atom. The largest absolute Gasteiger partial charge is 0.472 e. The molecular weight excluding hydrogens is 509 g/mol. The molecular formula is C32H57NO5P+. The molecule has 3 fully saturated rings. The van der Waals surface area contributed by atoms with Crippen LogP contribution in [-0.4, -0.2) is 60.5 Å². The second-order valence-corrected chi connectivity index (χ2v) is 16.0. The SMILES string of the molecule is C=C1CC[C@H](OP(=O)(O)OCC[N+](C)(C)C)CC1=CC=C1CCC[C@]2(C)[C@@H]([C@H](C)CCCC(C)(C)O)CC[C@@H]12. The molecule has 2 N–H and O–H groups in total. The number of hydrogen-bond donors (Lipinski definition) is 2. The van der Waals surface area contributed by atoms with Gasteiger partial charge < -0.3 is 14.5 Å². The summed E-state index contributed by atoms with van der Waals surface area (Å²) >= 11 is 0. The molecule has 0 aromatic rings. The van der Waals surface area contributed by atoms with E-state index in [1.165, 1.54) is 32.1 Å². The zero-order valence-corrected chi connectivity index (χ0v) is 26.8. The lowest BCUT2D eigenvalue weighted by molar-refractivity contribution is -0.870. The van der Waals surface area contributed by atoms with Gasteiger partial charge in [-0.2, -0.15) is 0 Å². The van der Waals surface area contributed by atoms with Crippen LogP contribution in [0.3, 0.4) is 0 Å². The van der Waals surface area contributed by atoms with E-state index in [2.05, 4.69) is 32.6 Å². The number of quaternary nitrogens is 1. The Hall–Kier alpha value is -0.750. The van der Waals surface area contributed by atoms with Crippen LogP contribution in [0.2, 0.25) is 0 Å². The van der Waals surface area contributed by atoms with Gasteiger partial charge in [0, 0.05) is 0 Å². The summed E-state index contributed by atoms with van der Waals surface area (Å²) < 4.78 is 24.1. The van der Waals surface area contributed by atoms with Crippen LogP contribution in [0.1, 0.15) is 98.3 Å². The van der Waals surface area contributed by atoms with E-state index in [4.69, 9.17) is 9.05 Å². The second kappa shape index (κ2) is 13.0. The Morgan fingerprint density at radius 3 is 2.59 bits per heavy atom. The highest BCUT2D eigenvalue weighted by molar-refractivity contribution is 7.47. The molecule has 0 radical (unpaired) electrons. The molecule has 3 aliphatic carbocycles. The van der Waals surface area contributed by atoms with Gasteiger partial charge in [0.25, 0.3) is 0 Å². The fourth-order valence-corrected chi connectivity index (χ4v) is 8.32. The Kier molecular flexibility index (Phi) is 11.0. The summed E-state index contributed by atoms with van der Waals surface area (Å²) in [5, 5.41) is 10.1. The fraction of sp³-hybridized carbons (Fsp3) is 0.812. The molecule has 3 aliphatic rings. The average Bonchev–Trinajstić information content (AvgIpc) is 3.15. The van der Waals surface area contributed by atoms with Crippen LogP contribution < -0.4 is 0 Å². The molecule has 7 heteroatoms. The van der Waals surface area contributed by atoms with Gasteiger partial charge in [0.1, 0.15) is 13.2 Å². The highest BCUT2D eigenvalue weighted by Gasteiger charge is 2.50. The molecule has 0 bridgehead atoms. The number of aliphatic hydroxyl groups is 1. The van der Waals surface area contributed by atoms with Crippen molar-refractivity contribution < 1.29 is 28.1 Å². The molecule has 6 atom stereocenters. The number of likely N-dealkylation sites (N-methyl/N-ethyl adjacent to an activating group) is 1. The summed E-state index contributed by atoms with van der Waals surface area (Å²) in [7, 11) is 1.97. The zero-order valence-electron chi connectivity index (χ0n) is 25.9. The molecule has 224 valence electrons. The first-order valence-corrected chi connectivity index (χ1v) is 16.7. The lowest BCUT2D eigenvalue weighted by Gasteiger charge is -2.44. The van der Waals surface area contributed by atoms with Crippen molar-refractivity contribution >= 4 is 7.82 Å². The quantitative estimate of drug-likeness (QED) is 0.188. The van der Waals surface area contributed by atoms with E-state index in [1.807, 2.05) is 35.0 Å². The van der Waals surface area contributed by atoms with Gasteiger partial charge in [-0.25, -0.2) is 4.57 Å². The molecule has 3 rings (SSSR count). The first-order chi connectivity index (χ1) is 18.0. The van der Waals surface area contributed by atoms with E-state index >= 15 is 0 Å². The molecule has 3 saturated carbocycles. The lowest BCUT2D eigenvalue weighted by atomic mass is 9.60. The van der Waals surface area contributed by atoms with Crippen LogP contribution in [0, 0.1) is 23.2 Å². The minimum absolute atomic E-state index is 0.185. The zero-order chi connectivity index (χ0) is 29.1. The molecule has 6 nitrogen and oxygen atoms in total. The monoisotopic (exact) mass is 566 g/mol. The number of phosphoric acid groups is 1. The summed E-state index contributed by atoms with van der Waals surface area (Å²) in [6, 6.07) is 0. The van der Waals surface area contributed by atoms with Crippen LogP contribution in [0.25, 0.3) is 0 Å². The van der Waals surface area contributed by atoms with Gasteiger partial charge in [0.05, 0.1) is 32.8 Å². The van der Waals surface area contributed by atoms with Crippen molar-refractivity contribution in [2.24, 2.45) is 23.2 Å². The number of nitrogens with zero attached hydrogens (tertiary/aromatic N) is 1. The number of phosphoric ester groups is 1. The molecule has 0 aliphatic heterocycles. The summed E-state index contributed by atoms with van der Waals surface area (Å²) in [5.41, 5.74) is 3.57. The third kappa shape index (κ3) is 9.65.